The van der Waals surface area contributed by atoms with E-state index in [9.17, 15) is 4.79 Å². The molecule has 1 heterocycles. The first-order chi connectivity index (χ1) is 16.0. The molecule has 3 atom stereocenters. The molecule has 0 aromatic heterocycles. The summed E-state index contributed by atoms with van der Waals surface area (Å²) in [6, 6.07) is 26.1. The highest BCUT2D eigenvalue weighted by molar-refractivity contribution is 6.30. The average Bonchev–Trinajstić information content (AvgIpc) is 3.38. The molecule has 3 aromatic carbocycles. The highest BCUT2D eigenvalue weighted by Gasteiger charge is 2.33. The van der Waals surface area contributed by atoms with E-state index in [1.807, 2.05) is 42.5 Å². The maximum atomic E-state index is 13.7. The third-order valence-corrected chi connectivity index (χ3v) is 7.08. The van der Waals surface area contributed by atoms with Gasteiger partial charge in [-0.05, 0) is 73.7 Å². The zero-order valence-electron chi connectivity index (χ0n) is 18.9. The standard InChI is InChI=1S/C28H30Cl2N2O/c1-20(32(19-22-6-3-2-4-7-22)28(33)27-8-5-17-31-27)26(23-11-15-25(30)16-12-23)18-21-9-13-24(29)14-10-21/h2-4,6-7,9-16,20,26-27,31H,5,8,17-19H2,1H3. The zero-order valence-corrected chi connectivity index (χ0v) is 20.4. The van der Waals surface area contributed by atoms with Gasteiger partial charge >= 0.3 is 0 Å². The average molecular weight is 481 g/mol. The van der Waals surface area contributed by atoms with Gasteiger partial charge in [0.2, 0.25) is 5.91 Å². The summed E-state index contributed by atoms with van der Waals surface area (Å²) in [6.45, 7) is 3.66. The number of hydrogen-bond acceptors (Lipinski definition) is 2. The molecule has 1 aliphatic rings. The summed E-state index contributed by atoms with van der Waals surface area (Å²) < 4.78 is 0. The van der Waals surface area contributed by atoms with Gasteiger partial charge < -0.3 is 10.2 Å². The number of halogens is 2. The van der Waals surface area contributed by atoms with E-state index in [0.717, 1.165) is 36.4 Å². The lowest BCUT2D eigenvalue weighted by molar-refractivity contribution is -0.136. The molecule has 0 aliphatic carbocycles. The van der Waals surface area contributed by atoms with Crippen LogP contribution < -0.4 is 5.32 Å². The van der Waals surface area contributed by atoms with Gasteiger partial charge in [0.05, 0.1) is 6.04 Å². The normalized spacial score (nSPS) is 17.5. The molecule has 3 nitrogen and oxygen atoms in total. The fourth-order valence-electron chi connectivity index (χ4n) is 4.67. The Bertz CT molecular complexity index is 1030. The van der Waals surface area contributed by atoms with Crippen LogP contribution in [0.25, 0.3) is 0 Å². The smallest absolute Gasteiger partial charge is 0.240 e. The molecule has 3 aromatic rings. The van der Waals surface area contributed by atoms with Gasteiger partial charge in [0.15, 0.2) is 0 Å². The van der Waals surface area contributed by atoms with Crippen molar-refractivity contribution in [3.63, 3.8) is 0 Å². The third-order valence-electron chi connectivity index (χ3n) is 6.58. The van der Waals surface area contributed by atoms with Crippen LogP contribution in [0.15, 0.2) is 78.9 Å². The first-order valence-corrected chi connectivity index (χ1v) is 12.3. The van der Waals surface area contributed by atoms with E-state index < -0.39 is 0 Å². The molecule has 1 aliphatic heterocycles. The predicted molar refractivity (Wildman–Crippen MR) is 137 cm³/mol. The van der Waals surface area contributed by atoms with E-state index in [0.29, 0.717) is 11.6 Å². The van der Waals surface area contributed by atoms with Crippen molar-refractivity contribution < 1.29 is 4.79 Å². The molecule has 172 valence electrons. The molecule has 1 N–H and O–H groups in total. The summed E-state index contributed by atoms with van der Waals surface area (Å²) in [4.78, 5) is 15.8. The van der Waals surface area contributed by atoms with Crippen molar-refractivity contribution in [3.05, 3.63) is 106 Å². The van der Waals surface area contributed by atoms with E-state index in [1.54, 1.807) is 0 Å². The van der Waals surface area contributed by atoms with Gasteiger partial charge in [-0.1, -0.05) is 77.8 Å². The Morgan fingerprint density at radius 2 is 1.58 bits per heavy atom. The van der Waals surface area contributed by atoms with E-state index >= 15 is 0 Å². The molecule has 0 radical (unpaired) electrons. The number of rotatable bonds is 8. The molecule has 33 heavy (non-hydrogen) atoms. The number of benzene rings is 3. The molecule has 0 spiro atoms. The van der Waals surface area contributed by atoms with E-state index in [2.05, 4.69) is 53.5 Å². The molecule has 3 unspecified atom stereocenters. The predicted octanol–water partition coefficient (Wildman–Crippen LogP) is 6.49. The van der Waals surface area contributed by atoms with E-state index in [-0.39, 0.29) is 23.9 Å². The second kappa shape index (κ2) is 11.2. The van der Waals surface area contributed by atoms with Crippen LogP contribution in [0.1, 0.15) is 42.4 Å². The molecule has 4 rings (SSSR count). The summed E-state index contributed by atoms with van der Waals surface area (Å²) in [5.74, 6) is 0.288. The number of nitrogens with one attached hydrogen (secondary N) is 1. The third kappa shape index (κ3) is 6.17. The fraction of sp³-hybridized carbons (Fsp3) is 0.321. The highest BCUT2D eigenvalue weighted by Crippen LogP contribution is 2.31. The Morgan fingerprint density at radius 3 is 2.18 bits per heavy atom. The van der Waals surface area contributed by atoms with Crippen LogP contribution in [-0.4, -0.2) is 29.4 Å². The zero-order chi connectivity index (χ0) is 23.2. The van der Waals surface area contributed by atoms with Crippen molar-refractivity contribution in [2.24, 2.45) is 0 Å². The monoisotopic (exact) mass is 480 g/mol. The molecule has 5 heteroatoms. The lowest BCUT2D eigenvalue weighted by Crippen LogP contribution is -2.49. The van der Waals surface area contributed by atoms with Crippen molar-refractivity contribution in [2.75, 3.05) is 6.54 Å². The van der Waals surface area contributed by atoms with Crippen LogP contribution in [0.5, 0.6) is 0 Å². The van der Waals surface area contributed by atoms with Crippen LogP contribution in [0.3, 0.4) is 0 Å². The van der Waals surface area contributed by atoms with Crippen molar-refractivity contribution >= 4 is 29.1 Å². The number of carbonyl (C=O) groups excluding carboxylic acids is 1. The highest BCUT2D eigenvalue weighted by atomic mass is 35.5. The quantitative estimate of drug-likeness (QED) is 0.399. The van der Waals surface area contributed by atoms with Gasteiger partial charge in [-0.3, -0.25) is 4.79 Å². The van der Waals surface area contributed by atoms with Gasteiger partial charge in [0, 0.05) is 28.5 Å². The van der Waals surface area contributed by atoms with Crippen LogP contribution >= 0.6 is 23.2 Å². The minimum atomic E-state index is -0.113. The molecular weight excluding hydrogens is 451 g/mol. The first-order valence-electron chi connectivity index (χ1n) is 11.6. The molecular formula is C28H30Cl2N2O. The van der Waals surface area contributed by atoms with Gasteiger partial charge in [-0.15, -0.1) is 0 Å². The largest absolute Gasteiger partial charge is 0.334 e. The SMILES string of the molecule is CC(C(Cc1ccc(Cl)cc1)c1ccc(Cl)cc1)N(Cc1ccccc1)C(=O)C1CCCN1. The Kier molecular flexibility index (Phi) is 8.08. The first kappa shape index (κ1) is 23.8. The summed E-state index contributed by atoms with van der Waals surface area (Å²) in [7, 11) is 0. The lowest BCUT2D eigenvalue weighted by Gasteiger charge is -2.37. The summed E-state index contributed by atoms with van der Waals surface area (Å²) in [6.07, 6.45) is 2.73. The molecule has 1 fully saturated rings. The Hall–Kier alpha value is -2.33. The maximum absolute atomic E-state index is 13.7. The molecule has 1 saturated heterocycles. The summed E-state index contributed by atoms with van der Waals surface area (Å²) in [5.41, 5.74) is 3.50. The second-order valence-corrected chi connectivity index (χ2v) is 9.70. The Morgan fingerprint density at radius 1 is 0.939 bits per heavy atom. The van der Waals surface area contributed by atoms with Gasteiger partial charge in [0.1, 0.15) is 0 Å². The lowest BCUT2D eigenvalue weighted by atomic mass is 9.85. The number of hydrogen-bond donors (Lipinski definition) is 1. The minimum absolute atomic E-state index is 0.0167. The minimum Gasteiger partial charge on any atom is -0.334 e. The summed E-state index contributed by atoms with van der Waals surface area (Å²) in [5, 5.41) is 4.83. The number of nitrogens with zero attached hydrogens (tertiary/aromatic N) is 1. The van der Waals surface area contributed by atoms with Gasteiger partial charge in [-0.2, -0.15) is 0 Å². The van der Waals surface area contributed by atoms with Crippen LogP contribution in [0.4, 0.5) is 0 Å². The van der Waals surface area contributed by atoms with Crippen molar-refractivity contribution in [2.45, 2.75) is 50.7 Å². The van der Waals surface area contributed by atoms with Crippen molar-refractivity contribution in [1.29, 1.82) is 0 Å². The Labute approximate surface area is 206 Å². The van der Waals surface area contributed by atoms with E-state index in [1.165, 1.54) is 11.1 Å². The number of carbonyl (C=O) groups is 1. The molecule has 0 saturated carbocycles. The van der Waals surface area contributed by atoms with Gasteiger partial charge in [0.25, 0.3) is 0 Å². The van der Waals surface area contributed by atoms with Crippen LogP contribution in [0.2, 0.25) is 10.0 Å². The van der Waals surface area contributed by atoms with Crippen LogP contribution in [0, 0.1) is 0 Å². The van der Waals surface area contributed by atoms with Crippen molar-refractivity contribution in [1.82, 2.24) is 10.2 Å². The fourth-order valence-corrected chi connectivity index (χ4v) is 4.92. The van der Waals surface area contributed by atoms with Crippen molar-refractivity contribution in [3.8, 4) is 0 Å². The van der Waals surface area contributed by atoms with Gasteiger partial charge in [-0.25, -0.2) is 0 Å². The molecule has 0 bridgehead atoms. The topological polar surface area (TPSA) is 32.3 Å². The Balaban J connectivity index is 1.68. The molecule has 1 amide bonds. The van der Waals surface area contributed by atoms with E-state index in [4.69, 9.17) is 23.2 Å². The summed E-state index contributed by atoms with van der Waals surface area (Å²) >= 11 is 12.3. The van der Waals surface area contributed by atoms with Crippen LogP contribution in [-0.2, 0) is 17.8 Å². The number of amides is 1. The maximum Gasteiger partial charge on any atom is 0.240 e. The second-order valence-electron chi connectivity index (χ2n) is 8.83.